The molecule has 0 bridgehead atoms. The molecule has 0 fully saturated rings. The van der Waals surface area contributed by atoms with E-state index in [1.165, 1.54) is 0 Å². The molecule has 4 nitrogen and oxygen atoms in total. The van der Waals surface area contributed by atoms with Crippen LogP contribution in [0.3, 0.4) is 0 Å². The molecular weight excluding hydrogens is 146 g/mol. The lowest BCUT2D eigenvalue weighted by Gasteiger charge is -2.04. The first-order chi connectivity index (χ1) is 5.18. The number of aliphatic carboxylic acids is 1. The molecule has 0 aliphatic heterocycles. The normalized spacial score (nSPS) is 12.5. The van der Waals surface area contributed by atoms with Crippen molar-refractivity contribution in [3.63, 3.8) is 0 Å². The molecule has 0 heterocycles. The number of carbonyl (C=O) groups is 1. The second-order valence-electron chi connectivity index (χ2n) is 2.10. The van der Waals surface area contributed by atoms with Crippen LogP contribution >= 0.6 is 0 Å². The summed E-state index contributed by atoms with van der Waals surface area (Å²) < 4.78 is 4.94. The average Bonchev–Trinajstić information content (AvgIpc) is 1.97. The van der Waals surface area contributed by atoms with Crippen molar-refractivity contribution in [1.82, 2.24) is 0 Å². The van der Waals surface area contributed by atoms with Crippen molar-refractivity contribution in [3.8, 4) is 0 Å². The average molecular weight is 159 g/mol. The van der Waals surface area contributed by atoms with E-state index in [4.69, 9.17) is 15.6 Å². The van der Waals surface area contributed by atoms with E-state index >= 15 is 0 Å². The van der Waals surface area contributed by atoms with Gasteiger partial charge in [-0.25, -0.2) is 0 Å². The molecule has 0 aromatic rings. The van der Waals surface area contributed by atoms with Gasteiger partial charge in [-0.1, -0.05) is 6.08 Å². The van der Waals surface area contributed by atoms with Crippen molar-refractivity contribution in [2.75, 3.05) is 13.2 Å². The van der Waals surface area contributed by atoms with Crippen LogP contribution in [-0.4, -0.2) is 30.3 Å². The minimum absolute atomic E-state index is 0.336. The van der Waals surface area contributed by atoms with Crippen LogP contribution in [0.1, 0.15) is 6.42 Å². The Morgan fingerprint density at radius 1 is 1.82 bits per heavy atom. The molecule has 0 aromatic heterocycles. The lowest BCUT2D eigenvalue weighted by Crippen LogP contribution is -2.31. The number of nitrogens with two attached hydrogens (primary N) is 1. The second-order valence-corrected chi connectivity index (χ2v) is 2.10. The Morgan fingerprint density at radius 2 is 2.45 bits per heavy atom. The van der Waals surface area contributed by atoms with E-state index in [9.17, 15) is 4.79 Å². The molecule has 3 N–H and O–H groups in total. The summed E-state index contributed by atoms with van der Waals surface area (Å²) in [7, 11) is 0. The fourth-order valence-electron chi connectivity index (χ4n) is 0.500. The number of rotatable bonds is 6. The fraction of sp³-hybridized carbons (Fsp3) is 0.571. The Bertz CT molecular complexity index is 136. The van der Waals surface area contributed by atoms with Crippen LogP contribution in [0.25, 0.3) is 0 Å². The van der Waals surface area contributed by atoms with Crippen LogP contribution in [0.2, 0.25) is 0 Å². The Hall–Kier alpha value is -0.870. The minimum Gasteiger partial charge on any atom is -0.480 e. The summed E-state index contributed by atoms with van der Waals surface area (Å²) in [6.07, 6.45) is 1.94. The molecule has 0 unspecified atom stereocenters. The van der Waals surface area contributed by atoms with E-state index in [-0.39, 0.29) is 0 Å². The number of ether oxygens (including phenoxy) is 1. The first kappa shape index (κ1) is 10.1. The van der Waals surface area contributed by atoms with E-state index in [2.05, 4.69) is 6.58 Å². The van der Waals surface area contributed by atoms with Gasteiger partial charge in [-0.15, -0.1) is 6.58 Å². The molecule has 1 atom stereocenters. The topological polar surface area (TPSA) is 72.5 Å². The monoisotopic (exact) mass is 159 g/mol. The van der Waals surface area contributed by atoms with Gasteiger partial charge in [0.2, 0.25) is 0 Å². The van der Waals surface area contributed by atoms with E-state index in [0.29, 0.717) is 19.6 Å². The van der Waals surface area contributed by atoms with E-state index < -0.39 is 12.0 Å². The first-order valence-corrected chi connectivity index (χ1v) is 3.35. The van der Waals surface area contributed by atoms with Gasteiger partial charge in [0.25, 0.3) is 0 Å². The predicted octanol–water partition coefficient (Wildman–Crippen LogP) is -0.00900. The van der Waals surface area contributed by atoms with E-state index in [1.54, 1.807) is 6.08 Å². The molecule has 0 rings (SSSR count). The summed E-state index contributed by atoms with van der Waals surface area (Å²) >= 11 is 0. The zero-order valence-electron chi connectivity index (χ0n) is 6.32. The van der Waals surface area contributed by atoms with Gasteiger partial charge in [0.15, 0.2) is 0 Å². The summed E-state index contributed by atoms with van der Waals surface area (Å²) in [4.78, 5) is 10.2. The fourth-order valence-corrected chi connectivity index (χ4v) is 0.500. The molecule has 0 aromatic carbocycles. The Morgan fingerprint density at radius 3 is 2.91 bits per heavy atom. The van der Waals surface area contributed by atoms with Gasteiger partial charge in [-0.3, -0.25) is 4.79 Å². The number of carboxylic acid groups (broad SMARTS) is 1. The lowest BCUT2D eigenvalue weighted by atomic mass is 10.2. The highest BCUT2D eigenvalue weighted by molar-refractivity contribution is 5.72. The van der Waals surface area contributed by atoms with Crippen molar-refractivity contribution in [3.05, 3.63) is 12.7 Å². The molecule has 0 saturated heterocycles. The SMILES string of the molecule is C=CCOCC[C@@H](N)C(=O)O. The molecule has 0 spiro atoms. The summed E-state index contributed by atoms with van der Waals surface area (Å²) in [5, 5.41) is 8.34. The molecule has 4 heteroatoms. The van der Waals surface area contributed by atoms with Crippen molar-refractivity contribution in [1.29, 1.82) is 0 Å². The molecule has 11 heavy (non-hydrogen) atoms. The predicted molar refractivity (Wildman–Crippen MR) is 41.2 cm³/mol. The summed E-state index contributed by atoms with van der Waals surface area (Å²) in [6.45, 7) is 4.24. The van der Waals surface area contributed by atoms with Crippen LogP contribution in [0.15, 0.2) is 12.7 Å². The molecule has 0 radical (unpaired) electrons. The van der Waals surface area contributed by atoms with Gasteiger partial charge in [0, 0.05) is 6.61 Å². The van der Waals surface area contributed by atoms with Crippen molar-refractivity contribution >= 4 is 5.97 Å². The molecule has 0 saturated carbocycles. The van der Waals surface area contributed by atoms with Gasteiger partial charge >= 0.3 is 5.97 Å². The second kappa shape index (κ2) is 5.88. The van der Waals surface area contributed by atoms with Crippen molar-refractivity contribution in [2.45, 2.75) is 12.5 Å². The highest BCUT2D eigenvalue weighted by atomic mass is 16.5. The highest BCUT2D eigenvalue weighted by Crippen LogP contribution is 1.89. The van der Waals surface area contributed by atoms with Gasteiger partial charge in [0.05, 0.1) is 6.61 Å². The number of carboxylic acids is 1. The minimum atomic E-state index is -0.993. The Balaban J connectivity index is 3.24. The third kappa shape index (κ3) is 5.57. The summed E-state index contributed by atoms with van der Waals surface area (Å²) in [5.74, 6) is -0.993. The smallest absolute Gasteiger partial charge is 0.320 e. The standard InChI is InChI=1S/C7H13NO3/c1-2-4-11-5-3-6(8)7(9)10/h2,6H,1,3-5,8H2,(H,9,10)/t6-/m1/s1. The van der Waals surface area contributed by atoms with Crippen LogP contribution in [0, 0.1) is 0 Å². The number of hydrogen-bond donors (Lipinski definition) is 2. The maximum Gasteiger partial charge on any atom is 0.320 e. The van der Waals surface area contributed by atoms with E-state index in [1.807, 2.05) is 0 Å². The zero-order chi connectivity index (χ0) is 8.69. The van der Waals surface area contributed by atoms with Crippen molar-refractivity contribution < 1.29 is 14.6 Å². The van der Waals surface area contributed by atoms with Gasteiger partial charge < -0.3 is 15.6 Å². The maximum atomic E-state index is 10.2. The third-order valence-corrected chi connectivity index (χ3v) is 1.13. The maximum absolute atomic E-state index is 10.2. The molecule has 0 amide bonds. The first-order valence-electron chi connectivity index (χ1n) is 3.35. The molecule has 0 aliphatic carbocycles. The third-order valence-electron chi connectivity index (χ3n) is 1.13. The van der Waals surface area contributed by atoms with Crippen LogP contribution in [0.5, 0.6) is 0 Å². The van der Waals surface area contributed by atoms with Crippen LogP contribution in [-0.2, 0) is 9.53 Å². The highest BCUT2D eigenvalue weighted by Gasteiger charge is 2.09. The molecule has 0 aliphatic rings. The summed E-state index contributed by atoms with van der Waals surface area (Å²) in [5.41, 5.74) is 5.19. The van der Waals surface area contributed by atoms with Crippen LogP contribution < -0.4 is 5.73 Å². The Kier molecular flexibility index (Phi) is 5.42. The Labute approximate surface area is 65.6 Å². The van der Waals surface area contributed by atoms with Gasteiger partial charge in [0.1, 0.15) is 6.04 Å². The molecular formula is C7H13NO3. The van der Waals surface area contributed by atoms with E-state index in [0.717, 1.165) is 0 Å². The quantitative estimate of drug-likeness (QED) is 0.422. The van der Waals surface area contributed by atoms with Crippen molar-refractivity contribution in [2.24, 2.45) is 5.73 Å². The summed E-state index contributed by atoms with van der Waals surface area (Å²) in [6, 6.07) is -0.820. The number of hydrogen-bond acceptors (Lipinski definition) is 3. The largest absolute Gasteiger partial charge is 0.480 e. The zero-order valence-corrected chi connectivity index (χ0v) is 6.32. The van der Waals surface area contributed by atoms with Gasteiger partial charge in [-0.05, 0) is 6.42 Å². The van der Waals surface area contributed by atoms with Crippen LogP contribution in [0.4, 0.5) is 0 Å². The van der Waals surface area contributed by atoms with Gasteiger partial charge in [-0.2, -0.15) is 0 Å². The molecule has 64 valence electrons. The lowest BCUT2D eigenvalue weighted by molar-refractivity contribution is -0.138.